The van der Waals surface area contributed by atoms with Crippen molar-refractivity contribution in [3.63, 3.8) is 0 Å². The zero-order valence-corrected chi connectivity index (χ0v) is 15.6. The first-order valence-electron chi connectivity index (χ1n) is 9.32. The highest BCUT2D eigenvalue weighted by Crippen LogP contribution is 2.51. The van der Waals surface area contributed by atoms with Crippen LogP contribution in [0.5, 0.6) is 0 Å². The van der Waals surface area contributed by atoms with Crippen molar-refractivity contribution in [2.75, 3.05) is 0 Å². The number of rotatable bonds is 3. The third-order valence-corrected chi connectivity index (χ3v) is 5.41. The van der Waals surface area contributed by atoms with Crippen LogP contribution in [0.15, 0.2) is 75.7 Å². The molecule has 4 heteroatoms. The lowest BCUT2D eigenvalue weighted by atomic mass is 9.63. The van der Waals surface area contributed by atoms with Crippen molar-refractivity contribution in [2.24, 2.45) is 10.9 Å². The van der Waals surface area contributed by atoms with Gasteiger partial charge in [-0.15, -0.1) is 0 Å². The summed E-state index contributed by atoms with van der Waals surface area (Å²) in [4.78, 5) is 24.3. The van der Waals surface area contributed by atoms with E-state index in [1.54, 1.807) is 12.3 Å². The predicted molar refractivity (Wildman–Crippen MR) is 110 cm³/mol. The first-order valence-corrected chi connectivity index (χ1v) is 9.32. The highest BCUT2D eigenvalue weighted by Gasteiger charge is 2.46. The first kappa shape index (κ1) is 17.4. The number of aromatic nitrogens is 2. The van der Waals surface area contributed by atoms with Gasteiger partial charge in [-0.1, -0.05) is 23.8 Å². The molecule has 0 aromatic carbocycles. The molecule has 27 heavy (non-hydrogen) atoms. The summed E-state index contributed by atoms with van der Waals surface area (Å²) >= 11 is 0. The molecule has 2 aromatic heterocycles. The Bertz CT molecular complexity index is 1030. The number of nitrogens with zero attached hydrogens (tertiary/aromatic N) is 2. The fraction of sp³-hybridized carbons (Fsp3) is 0.261. The standard InChI is InChI=1S/C23H23N3O/c1-3-19-17-13-16(2)15-23(19,20-9-10-22(27)26-21(20)14-17)25-12-6-8-18-7-4-5-11-24-18/h3-13,17H,14-15H2,1-2H3,(H,26,27)/t17-,23+/m0/s1. The van der Waals surface area contributed by atoms with E-state index in [0.717, 1.165) is 29.8 Å². The van der Waals surface area contributed by atoms with Gasteiger partial charge in [-0.25, -0.2) is 0 Å². The second kappa shape index (κ2) is 6.95. The quantitative estimate of drug-likeness (QED) is 0.660. The van der Waals surface area contributed by atoms with Crippen molar-refractivity contribution < 1.29 is 0 Å². The third-order valence-electron chi connectivity index (χ3n) is 5.41. The monoisotopic (exact) mass is 357 g/mol. The molecule has 0 saturated carbocycles. The Labute approximate surface area is 159 Å². The normalized spacial score (nSPS) is 25.8. The van der Waals surface area contributed by atoms with Crippen molar-refractivity contribution in [3.8, 4) is 0 Å². The number of aliphatic imine (C=N–C) groups is 1. The van der Waals surface area contributed by atoms with Gasteiger partial charge in [0, 0.05) is 42.1 Å². The summed E-state index contributed by atoms with van der Waals surface area (Å²) in [6.45, 7) is 4.26. The lowest BCUT2D eigenvalue weighted by Gasteiger charge is -2.45. The number of hydrogen-bond donors (Lipinski definition) is 1. The van der Waals surface area contributed by atoms with Crippen LogP contribution in [0.25, 0.3) is 6.08 Å². The second-order valence-corrected chi connectivity index (χ2v) is 7.21. The van der Waals surface area contributed by atoms with E-state index in [2.05, 4.69) is 36.0 Å². The van der Waals surface area contributed by atoms with Gasteiger partial charge in [0.15, 0.2) is 0 Å². The molecular weight excluding hydrogens is 334 g/mol. The molecule has 2 atom stereocenters. The maximum Gasteiger partial charge on any atom is 0.248 e. The number of nitrogens with one attached hydrogen (secondary N) is 1. The molecule has 0 aliphatic heterocycles. The first-order chi connectivity index (χ1) is 13.1. The molecule has 136 valence electrons. The van der Waals surface area contributed by atoms with Crippen molar-refractivity contribution in [3.05, 3.63) is 93.2 Å². The number of hydrogen-bond acceptors (Lipinski definition) is 3. The van der Waals surface area contributed by atoms with Crippen LogP contribution in [0.4, 0.5) is 0 Å². The number of aromatic amines is 1. The number of H-pyrrole nitrogens is 1. The van der Waals surface area contributed by atoms with Gasteiger partial charge in [0.1, 0.15) is 5.54 Å². The Hall–Kier alpha value is -3.01. The van der Waals surface area contributed by atoms with E-state index in [1.807, 2.05) is 42.6 Å². The number of fused-ring (bicyclic) bond motifs is 4. The smallest absolute Gasteiger partial charge is 0.248 e. The molecular formula is C23H23N3O. The molecule has 2 bridgehead atoms. The average Bonchev–Trinajstić information content (AvgIpc) is 2.65. The third kappa shape index (κ3) is 3.12. The lowest BCUT2D eigenvalue weighted by molar-refractivity contribution is 0.413. The maximum absolute atomic E-state index is 11.9. The van der Waals surface area contributed by atoms with Crippen LogP contribution in [0.2, 0.25) is 0 Å². The van der Waals surface area contributed by atoms with Gasteiger partial charge in [-0.2, -0.15) is 0 Å². The molecule has 2 aliphatic rings. The Kier molecular flexibility index (Phi) is 4.48. The number of allylic oxidation sites excluding steroid dienone is 3. The van der Waals surface area contributed by atoms with Gasteiger partial charge >= 0.3 is 0 Å². The zero-order chi connectivity index (χ0) is 18.9. The molecule has 0 amide bonds. The van der Waals surface area contributed by atoms with E-state index in [1.165, 1.54) is 11.1 Å². The van der Waals surface area contributed by atoms with E-state index in [9.17, 15) is 4.79 Å². The van der Waals surface area contributed by atoms with Crippen LogP contribution in [0, 0.1) is 5.92 Å². The van der Waals surface area contributed by atoms with Gasteiger partial charge in [-0.05, 0) is 56.2 Å². The van der Waals surface area contributed by atoms with Crippen LogP contribution >= 0.6 is 0 Å². The SMILES string of the molecule is CC=C1[C@H]2C=C(C)C[C@]1(N=CC=Cc1ccccn1)c1ccc(=O)[nH]c1C2. The highest BCUT2D eigenvalue weighted by molar-refractivity contribution is 5.78. The molecule has 1 N–H and O–H groups in total. The molecule has 4 rings (SSSR count). The molecule has 2 heterocycles. The molecule has 0 spiro atoms. The topological polar surface area (TPSA) is 58.1 Å². The van der Waals surface area contributed by atoms with Crippen LogP contribution in [-0.4, -0.2) is 16.2 Å². The fourth-order valence-electron chi connectivity index (χ4n) is 4.44. The average molecular weight is 357 g/mol. The Morgan fingerprint density at radius 3 is 2.96 bits per heavy atom. The van der Waals surface area contributed by atoms with Crippen molar-refractivity contribution in [2.45, 2.75) is 32.2 Å². The number of pyridine rings is 2. The molecule has 0 radical (unpaired) electrons. The molecule has 4 nitrogen and oxygen atoms in total. The minimum Gasteiger partial charge on any atom is -0.326 e. The maximum atomic E-state index is 11.9. The zero-order valence-electron chi connectivity index (χ0n) is 15.6. The van der Waals surface area contributed by atoms with Gasteiger partial charge in [0.05, 0.1) is 5.69 Å². The van der Waals surface area contributed by atoms with Crippen molar-refractivity contribution >= 4 is 12.3 Å². The van der Waals surface area contributed by atoms with Gasteiger partial charge < -0.3 is 4.98 Å². The van der Waals surface area contributed by atoms with Crippen molar-refractivity contribution in [1.82, 2.24) is 9.97 Å². The Morgan fingerprint density at radius 2 is 2.19 bits per heavy atom. The van der Waals surface area contributed by atoms with Crippen LogP contribution < -0.4 is 5.56 Å². The summed E-state index contributed by atoms with van der Waals surface area (Å²) in [6.07, 6.45) is 13.7. The van der Waals surface area contributed by atoms with Gasteiger partial charge in [0.25, 0.3) is 0 Å². The van der Waals surface area contributed by atoms with Gasteiger partial charge in [0.2, 0.25) is 5.56 Å². The van der Waals surface area contributed by atoms with Crippen LogP contribution in [0.1, 0.15) is 37.2 Å². The molecule has 0 fully saturated rings. The van der Waals surface area contributed by atoms with Crippen LogP contribution in [0.3, 0.4) is 0 Å². The second-order valence-electron chi connectivity index (χ2n) is 7.21. The van der Waals surface area contributed by atoms with Crippen molar-refractivity contribution in [1.29, 1.82) is 0 Å². The Morgan fingerprint density at radius 1 is 1.30 bits per heavy atom. The Balaban J connectivity index is 1.79. The summed E-state index contributed by atoms with van der Waals surface area (Å²) in [6, 6.07) is 9.39. The van der Waals surface area contributed by atoms with E-state index >= 15 is 0 Å². The molecule has 2 aromatic rings. The van der Waals surface area contributed by atoms with Gasteiger partial charge in [-0.3, -0.25) is 14.8 Å². The largest absolute Gasteiger partial charge is 0.326 e. The summed E-state index contributed by atoms with van der Waals surface area (Å²) in [5.41, 5.74) is 5.19. The van der Waals surface area contributed by atoms with E-state index in [-0.39, 0.29) is 11.5 Å². The van der Waals surface area contributed by atoms with E-state index in [0.29, 0.717) is 0 Å². The lowest BCUT2D eigenvalue weighted by Crippen LogP contribution is -2.40. The summed E-state index contributed by atoms with van der Waals surface area (Å²) in [7, 11) is 0. The van der Waals surface area contributed by atoms with E-state index in [4.69, 9.17) is 4.99 Å². The summed E-state index contributed by atoms with van der Waals surface area (Å²) in [5, 5.41) is 0. The highest BCUT2D eigenvalue weighted by atomic mass is 16.1. The minimum absolute atomic E-state index is 0.0503. The molecule has 0 saturated heterocycles. The summed E-state index contributed by atoms with van der Waals surface area (Å²) in [5.74, 6) is 0.284. The molecule has 2 aliphatic carbocycles. The summed E-state index contributed by atoms with van der Waals surface area (Å²) < 4.78 is 0. The predicted octanol–water partition coefficient (Wildman–Crippen LogP) is 4.22. The fourth-order valence-corrected chi connectivity index (χ4v) is 4.44. The molecule has 0 unspecified atom stereocenters. The minimum atomic E-state index is -0.440. The van der Waals surface area contributed by atoms with Crippen LogP contribution in [-0.2, 0) is 12.0 Å². The van der Waals surface area contributed by atoms with E-state index < -0.39 is 5.54 Å².